The molecule has 2 nitrogen and oxygen atoms in total. The third-order valence-electron chi connectivity index (χ3n) is 13.4. The van der Waals surface area contributed by atoms with Gasteiger partial charge in [0.15, 0.2) is 0 Å². The minimum absolute atomic E-state index is 0.311. The molecule has 2 heteroatoms. The first-order valence-electron chi connectivity index (χ1n) is 20.6. The fraction of sp³-hybridized carbons (Fsp3) is 0.269. The number of hydrogen-bond acceptors (Lipinski definition) is 1. The molecule has 0 saturated carbocycles. The van der Waals surface area contributed by atoms with Gasteiger partial charge in [-0.25, -0.2) is 0 Å². The van der Waals surface area contributed by atoms with E-state index in [1.54, 1.807) is 11.3 Å². The zero-order valence-electron chi connectivity index (χ0n) is 31.1. The fourth-order valence-corrected chi connectivity index (χ4v) is 11.0. The molecule has 1 aromatic heterocycles. The van der Waals surface area contributed by atoms with E-state index in [4.69, 9.17) is 0 Å². The minimum atomic E-state index is 0.311. The molecular formula is C52H48N2. The molecule has 2 heterocycles. The Morgan fingerprint density at radius 3 is 2.39 bits per heavy atom. The number of allylic oxidation sites excluding steroid dienone is 13. The quantitative estimate of drug-likeness (QED) is 0.201. The average molecular weight is 701 g/mol. The summed E-state index contributed by atoms with van der Waals surface area (Å²) in [4.78, 5) is 2.86. The van der Waals surface area contributed by atoms with E-state index in [0.717, 1.165) is 51.4 Å². The number of benzene rings is 3. The Kier molecular flexibility index (Phi) is 7.85. The second-order valence-corrected chi connectivity index (χ2v) is 16.3. The maximum atomic E-state index is 2.86. The topological polar surface area (TPSA) is 8.17 Å². The van der Waals surface area contributed by atoms with Crippen LogP contribution in [-0.4, -0.2) is 15.5 Å². The molecule has 4 atom stereocenters. The summed E-state index contributed by atoms with van der Waals surface area (Å²) in [5.74, 6) is 0.727. The fourth-order valence-electron chi connectivity index (χ4n) is 11.0. The van der Waals surface area contributed by atoms with Crippen LogP contribution in [0.4, 0.5) is 0 Å². The first-order valence-corrected chi connectivity index (χ1v) is 20.6. The summed E-state index contributed by atoms with van der Waals surface area (Å²) in [6.45, 7) is 0. The molecule has 0 spiro atoms. The Morgan fingerprint density at radius 2 is 1.46 bits per heavy atom. The van der Waals surface area contributed by atoms with Crippen molar-refractivity contribution in [1.29, 1.82) is 0 Å². The number of nitrogens with zero attached hydrogens (tertiary/aromatic N) is 2. The summed E-state index contributed by atoms with van der Waals surface area (Å²) in [6, 6.07) is 28.8. The van der Waals surface area contributed by atoms with Crippen LogP contribution in [0, 0.1) is 0 Å². The molecule has 3 aromatic carbocycles. The van der Waals surface area contributed by atoms with Gasteiger partial charge in [0.1, 0.15) is 0 Å². The van der Waals surface area contributed by atoms with Crippen LogP contribution in [0.5, 0.6) is 0 Å². The molecule has 266 valence electrons. The molecule has 0 amide bonds. The summed E-state index contributed by atoms with van der Waals surface area (Å²) < 4.78 is 2.72. The highest BCUT2D eigenvalue weighted by Crippen LogP contribution is 2.52. The molecule has 7 aliphatic rings. The molecule has 11 rings (SSSR count). The van der Waals surface area contributed by atoms with Crippen molar-refractivity contribution in [2.75, 3.05) is 0 Å². The van der Waals surface area contributed by atoms with Gasteiger partial charge >= 0.3 is 0 Å². The minimum Gasteiger partial charge on any atom is -0.360 e. The van der Waals surface area contributed by atoms with Crippen LogP contribution in [0.1, 0.15) is 109 Å². The molecule has 0 fully saturated rings. The maximum Gasteiger partial charge on any atom is 0.0586 e. The lowest BCUT2D eigenvalue weighted by Crippen LogP contribution is -2.37. The summed E-state index contributed by atoms with van der Waals surface area (Å²) in [7, 11) is 0. The van der Waals surface area contributed by atoms with Gasteiger partial charge in [-0.2, -0.15) is 0 Å². The van der Waals surface area contributed by atoms with Crippen LogP contribution < -0.4 is 0 Å². The van der Waals surface area contributed by atoms with Crippen molar-refractivity contribution in [2.24, 2.45) is 0 Å². The summed E-state index contributed by atoms with van der Waals surface area (Å²) in [5, 5.41) is 1.42. The van der Waals surface area contributed by atoms with E-state index < -0.39 is 0 Å². The molecule has 6 aliphatic carbocycles. The average Bonchev–Trinajstić information content (AvgIpc) is 3.76. The smallest absolute Gasteiger partial charge is 0.0586 e. The van der Waals surface area contributed by atoms with Crippen LogP contribution >= 0.6 is 0 Å². The SMILES string of the molecule is C1=CCCC(C2=C(n3c4c(c5cc(C6C=C7C8=C(CCC=C8)N([C@H]8CC=Cc9ccccc98)C7CC6)ccc53)C=CCC4)[C@H](c3ccccc3)CC=C2)=C1. The predicted molar refractivity (Wildman–Crippen MR) is 226 cm³/mol. The predicted octanol–water partition coefficient (Wildman–Crippen LogP) is 13.1. The Labute approximate surface area is 320 Å². The molecule has 0 bridgehead atoms. The van der Waals surface area contributed by atoms with Gasteiger partial charge < -0.3 is 9.47 Å². The summed E-state index contributed by atoms with van der Waals surface area (Å²) in [6.07, 6.45) is 40.1. The summed E-state index contributed by atoms with van der Waals surface area (Å²) in [5.41, 5.74) is 19.1. The van der Waals surface area contributed by atoms with Gasteiger partial charge in [0.25, 0.3) is 0 Å². The lowest BCUT2D eigenvalue weighted by atomic mass is 9.80. The number of fused-ring (bicyclic) bond motifs is 6. The summed E-state index contributed by atoms with van der Waals surface area (Å²) >= 11 is 0. The van der Waals surface area contributed by atoms with Crippen molar-refractivity contribution in [1.82, 2.24) is 9.47 Å². The maximum absolute atomic E-state index is 2.86. The Morgan fingerprint density at radius 1 is 0.630 bits per heavy atom. The van der Waals surface area contributed by atoms with Gasteiger partial charge in [0.05, 0.1) is 17.6 Å². The Bertz CT molecular complexity index is 2460. The van der Waals surface area contributed by atoms with Gasteiger partial charge in [-0.15, -0.1) is 0 Å². The Balaban J connectivity index is 1.03. The molecule has 0 N–H and O–H groups in total. The highest BCUT2D eigenvalue weighted by molar-refractivity contribution is 5.96. The molecule has 54 heavy (non-hydrogen) atoms. The number of aromatic nitrogens is 1. The second-order valence-electron chi connectivity index (χ2n) is 16.3. The lowest BCUT2D eigenvalue weighted by Gasteiger charge is -2.41. The number of hydrogen-bond donors (Lipinski definition) is 0. The first kappa shape index (κ1) is 32.1. The normalized spacial score (nSPS) is 25.4. The monoisotopic (exact) mass is 700 g/mol. The number of rotatable bonds is 5. The van der Waals surface area contributed by atoms with Crippen molar-refractivity contribution in [3.05, 3.63) is 195 Å². The molecular weight excluding hydrogens is 653 g/mol. The molecule has 1 aliphatic heterocycles. The van der Waals surface area contributed by atoms with E-state index in [1.165, 1.54) is 79.7 Å². The van der Waals surface area contributed by atoms with Crippen LogP contribution in [0.15, 0.2) is 162 Å². The van der Waals surface area contributed by atoms with Gasteiger partial charge in [0, 0.05) is 39.9 Å². The third kappa shape index (κ3) is 5.13. The largest absolute Gasteiger partial charge is 0.360 e. The van der Waals surface area contributed by atoms with Crippen LogP contribution in [0.25, 0.3) is 28.8 Å². The third-order valence-corrected chi connectivity index (χ3v) is 13.4. The van der Waals surface area contributed by atoms with Gasteiger partial charge in [-0.1, -0.05) is 134 Å². The first-order chi connectivity index (χ1) is 26.8. The van der Waals surface area contributed by atoms with E-state index >= 15 is 0 Å². The zero-order valence-corrected chi connectivity index (χ0v) is 31.1. The van der Waals surface area contributed by atoms with Gasteiger partial charge in [-0.05, 0) is 121 Å². The van der Waals surface area contributed by atoms with Crippen LogP contribution in [-0.2, 0) is 6.42 Å². The van der Waals surface area contributed by atoms with E-state index in [1.807, 2.05) is 0 Å². The van der Waals surface area contributed by atoms with Crippen molar-refractivity contribution in [3.8, 4) is 0 Å². The Hall–Kier alpha value is -5.34. The standard InChI is InChI=1S/C52H48N2/c1-3-15-36(16-4-1)41-24-14-25-42(37-17-5-2-6-18-37)52(41)54-49-27-12-10-23-44(49)46-34-39(30-32-51(46)54)38-29-31-50-45(33-38)43-22-9-11-26-48(43)53(50)47-28-13-20-35-19-7-8-21-40(35)47/h1-5,7-10,13-17,19-23,25,30,32-34,38,41,47,50H,6,11-12,18,24,26-29,31H2/t38?,41-,47-,50?/m0/s1. The van der Waals surface area contributed by atoms with Gasteiger partial charge in [-0.3, -0.25) is 0 Å². The van der Waals surface area contributed by atoms with E-state index in [-0.39, 0.29) is 0 Å². The van der Waals surface area contributed by atoms with Crippen molar-refractivity contribution >= 4 is 28.8 Å². The van der Waals surface area contributed by atoms with Crippen LogP contribution in [0.2, 0.25) is 0 Å². The molecule has 2 unspecified atom stereocenters. The molecule has 0 saturated heterocycles. The van der Waals surface area contributed by atoms with Crippen molar-refractivity contribution in [2.45, 2.75) is 88.1 Å². The molecule has 4 aromatic rings. The van der Waals surface area contributed by atoms with Crippen LogP contribution in [0.3, 0.4) is 0 Å². The highest BCUT2D eigenvalue weighted by atomic mass is 15.2. The van der Waals surface area contributed by atoms with Gasteiger partial charge in [0.2, 0.25) is 0 Å². The molecule has 0 radical (unpaired) electrons. The zero-order chi connectivity index (χ0) is 35.6. The second kappa shape index (κ2) is 13.2. The van der Waals surface area contributed by atoms with Crippen molar-refractivity contribution < 1.29 is 0 Å². The van der Waals surface area contributed by atoms with E-state index in [0.29, 0.717) is 23.9 Å². The lowest BCUT2D eigenvalue weighted by molar-refractivity contribution is 0.199. The van der Waals surface area contributed by atoms with E-state index in [2.05, 4.69) is 155 Å². The van der Waals surface area contributed by atoms with Crippen molar-refractivity contribution in [3.63, 3.8) is 0 Å². The van der Waals surface area contributed by atoms with E-state index in [9.17, 15) is 0 Å². The highest BCUT2D eigenvalue weighted by Gasteiger charge is 2.42.